The third kappa shape index (κ3) is 46.1. The molecule has 0 bridgehead atoms. The van der Waals surface area contributed by atoms with Crippen molar-refractivity contribution in [2.45, 2.75) is 206 Å². The van der Waals surface area contributed by atoms with Crippen molar-refractivity contribution in [3.8, 4) is 0 Å². The molecule has 0 radical (unpaired) electrons. The molecule has 0 aliphatic rings. The zero-order chi connectivity index (χ0) is 47.4. The zero-order valence-corrected chi connectivity index (χ0v) is 41.3. The summed E-state index contributed by atoms with van der Waals surface area (Å²) < 4.78 is 5.87. The molecule has 0 aliphatic heterocycles. The van der Waals surface area contributed by atoms with Crippen molar-refractivity contribution in [3.05, 3.63) is 146 Å². The Kier molecular flexibility index (Phi) is 47.4. The molecule has 0 rings (SSSR count). The van der Waals surface area contributed by atoms with Gasteiger partial charge in [0.2, 0.25) is 5.91 Å². The minimum Gasteiger partial charge on any atom is -0.462 e. The van der Waals surface area contributed by atoms with Gasteiger partial charge < -0.3 is 20.3 Å². The van der Waals surface area contributed by atoms with E-state index in [9.17, 15) is 19.8 Å². The first-order valence-corrected chi connectivity index (χ1v) is 25.7. The van der Waals surface area contributed by atoms with E-state index in [1.807, 2.05) is 122 Å². The first-order chi connectivity index (χ1) is 32.0. The lowest BCUT2D eigenvalue weighted by Crippen LogP contribution is -2.46. The molecular weight excluding hydrogens is 803 g/mol. The van der Waals surface area contributed by atoms with Gasteiger partial charge in [0.15, 0.2) is 0 Å². The number of hydrogen-bond donors (Lipinski definition) is 3. The minimum absolute atomic E-state index is 0.00267. The molecule has 0 spiro atoms. The Balaban J connectivity index is 4.85. The highest BCUT2D eigenvalue weighted by Crippen LogP contribution is 2.16. The van der Waals surface area contributed by atoms with Gasteiger partial charge >= 0.3 is 5.97 Å². The van der Waals surface area contributed by atoms with Gasteiger partial charge in [0, 0.05) is 6.42 Å². The number of esters is 1. The summed E-state index contributed by atoms with van der Waals surface area (Å²) in [5.74, 6) is -0.617. The van der Waals surface area contributed by atoms with Crippen LogP contribution in [0.4, 0.5) is 0 Å². The SMILES string of the molecule is CC\C=C/C=C/C=C/C=C\C=C\C=C\CCCCCC(=O)OC(CCC/C=C/C=C/C=C\C=C\C=C\C=C/CC)CC(=O)NC(CO)C(O)CCCCCCCCCCCCCCCC. The van der Waals surface area contributed by atoms with E-state index < -0.39 is 18.2 Å². The summed E-state index contributed by atoms with van der Waals surface area (Å²) in [6, 6.07) is -0.747. The van der Waals surface area contributed by atoms with E-state index in [2.05, 4.69) is 50.4 Å². The third-order valence-electron chi connectivity index (χ3n) is 10.7. The smallest absolute Gasteiger partial charge is 0.306 e. The maximum atomic E-state index is 13.2. The molecule has 364 valence electrons. The average Bonchev–Trinajstić information content (AvgIpc) is 3.30. The van der Waals surface area contributed by atoms with Crippen LogP contribution in [0.3, 0.4) is 0 Å². The molecule has 0 saturated carbocycles. The van der Waals surface area contributed by atoms with E-state index in [0.717, 1.165) is 70.6 Å². The second-order valence-electron chi connectivity index (χ2n) is 16.8. The van der Waals surface area contributed by atoms with Gasteiger partial charge in [-0.2, -0.15) is 0 Å². The van der Waals surface area contributed by atoms with Crippen LogP contribution in [0.1, 0.15) is 188 Å². The van der Waals surface area contributed by atoms with Crippen molar-refractivity contribution in [2.24, 2.45) is 0 Å². The zero-order valence-electron chi connectivity index (χ0n) is 41.3. The number of allylic oxidation sites excluding steroid dienone is 24. The summed E-state index contributed by atoms with van der Waals surface area (Å²) in [4.78, 5) is 26.1. The minimum atomic E-state index is -0.827. The van der Waals surface area contributed by atoms with Gasteiger partial charge in [-0.05, 0) is 57.8 Å². The highest BCUT2D eigenvalue weighted by molar-refractivity contribution is 5.77. The lowest BCUT2D eigenvalue weighted by atomic mass is 10.0. The molecular formula is C59H93NO5. The first kappa shape index (κ1) is 60.7. The first-order valence-electron chi connectivity index (χ1n) is 25.7. The fraction of sp³-hybridized carbons (Fsp3) is 0.559. The molecule has 3 N–H and O–H groups in total. The summed E-state index contributed by atoms with van der Waals surface area (Å²) in [5, 5.41) is 23.8. The van der Waals surface area contributed by atoms with Crippen LogP contribution in [0.5, 0.6) is 0 Å². The Hall–Kier alpha value is -4.26. The van der Waals surface area contributed by atoms with E-state index in [4.69, 9.17) is 4.74 Å². The molecule has 0 aromatic heterocycles. The largest absolute Gasteiger partial charge is 0.462 e. The molecule has 0 aromatic carbocycles. The number of carbonyl (C=O) groups is 2. The normalized spacial score (nSPS) is 14.5. The predicted molar refractivity (Wildman–Crippen MR) is 282 cm³/mol. The Morgan fingerprint density at radius 1 is 0.462 bits per heavy atom. The van der Waals surface area contributed by atoms with Crippen LogP contribution < -0.4 is 5.32 Å². The highest BCUT2D eigenvalue weighted by Gasteiger charge is 2.24. The van der Waals surface area contributed by atoms with Crippen LogP contribution in [-0.4, -0.2) is 46.9 Å². The van der Waals surface area contributed by atoms with Gasteiger partial charge in [0.05, 0.1) is 25.2 Å². The molecule has 65 heavy (non-hydrogen) atoms. The number of ether oxygens (including phenoxy) is 1. The molecule has 0 saturated heterocycles. The Bertz CT molecular complexity index is 1470. The van der Waals surface area contributed by atoms with Gasteiger partial charge in [0.25, 0.3) is 0 Å². The van der Waals surface area contributed by atoms with Crippen molar-refractivity contribution in [1.29, 1.82) is 0 Å². The lowest BCUT2D eigenvalue weighted by Gasteiger charge is -2.24. The Morgan fingerprint density at radius 2 is 0.846 bits per heavy atom. The van der Waals surface area contributed by atoms with Crippen molar-refractivity contribution in [1.82, 2.24) is 5.32 Å². The Morgan fingerprint density at radius 3 is 1.28 bits per heavy atom. The summed E-state index contributed by atoms with van der Waals surface area (Å²) in [5.41, 5.74) is 0. The van der Waals surface area contributed by atoms with Gasteiger partial charge in [-0.25, -0.2) is 0 Å². The molecule has 3 atom stereocenters. The van der Waals surface area contributed by atoms with Crippen molar-refractivity contribution >= 4 is 11.9 Å². The monoisotopic (exact) mass is 896 g/mol. The van der Waals surface area contributed by atoms with Gasteiger partial charge in [-0.3, -0.25) is 9.59 Å². The van der Waals surface area contributed by atoms with Gasteiger partial charge in [-0.1, -0.05) is 263 Å². The topological polar surface area (TPSA) is 95.9 Å². The summed E-state index contributed by atoms with van der Waals surface area (Å²) in [6.07, 6.45) is 73.3. The number of carbonyl (C=O) groups excluding carboxylic acids is 2. The van der Waals surface area contributed by atoms with Crippen molar-refractivity contribution in [3.63, 3.8) is 0 Å². The highest BCUT2D eigenvalue weighted by atomic mass is 16.5. The summed E-state index contributed by atoms with van der Waals surface area (Å²) in [6.45, 7) is 6.15. The van der Waals surface area contributed by atoms with E-state index in [0.29, 0.717) is 19.3 Å². The molecule has 0 aromatic rings. The van der Waals surface area contributed by atoms with Crippen molar-refractivity contribution < 1.29 is 24.5 Å². The maximum Gasteiger partial charge on any atom is 0.306 e. The van der Waals surface area contributed by atoms with E-state index in [1.165, 1.54) is 70.6 Å². The second kappa shape index (κ2) is 50.7. The lowest BCUT2D eigenvalue weighted by molar-refractivity contribution is -0.151. The Labute approximate surface area is 398 Å². The van der Waals surface area contributed by atoms with Crippen LogP contribution in [0.15, 0.2) is 146 Å². The number of nitrogens with one attached hydrogen (secondary N) is 1. The standard InChI is InChI=1S/C59H93NO5/c1-4-7-10-13-16-19-22-25-28-29-31-34-37-40-43-46-49-52-59(64)65-55(50-47-44-41-38-35-32-30-26-23-20-17-14-11-8-5-2)53-58(63)60-56(54-61)57(62)51-48-45-42-39-36-33-27-24-21-18-15-12-9-6-3/h7-8,10-11,13-14,16-17,19-20,22-23,25-26,28-32,34-35,37-38,41,55-57,61-62H,4-6,9,12,15,18,21,24,27,33,36,39-40,42-54H2,1-3H3,(H,60,63)/b10-7-,11-8-,16-13+,17-14+,22-19+,23-20+,28-25-,30-26-,31-29+,35-32+,37-34+,41-38+. The molecule has 0 aliphatic carbocycles. The fourth-order valence-electron chi connectivity index (χ4n) is 6.91. The van der Waals surface area contributed by atoms with Crippen LogP contribution in [0.2, 0.25) is 0 Å². The second-order valence-corrected chi connectivity index (χ2v) is 16.8. The molecule has 0 fully saturated rings. The fourth-order valence-corrected chi connectivity index (χ4v) is 6.91. The average molecular weight is 896 g/mol. The molecule has 0 heterocycles. The number of unbranched alkanes of at least 4 members (excludes halogenated alkanes) is 17. The van der Waals surface area contributed by atoms with Crippen molar-refractivity contribution in [2.75, 3.05) is 6.61 Å². The van der Waals surface area contributed by atoms with Crippen LogP contribution in [0.25, 0.3) is 0 Å². The number of amides is 1. The van der Waals surface area contributed by atoms with Gasteiger partial charge in [0.1, 0.15) is 6.10 Å². The van der Waals surface area contributed by atoms with Gasteiger partial charge in [-0.15, -0.1) is 0 Å². The van der Waals surface area contributed by atoms with E-state index in [1.54, 1.807) is 0 Å². The molecule has 3 unspecified atom stereocenters. The molecule has 6 nitrogen and oxygen atoms in total. The molecule has 1 amide bonds. The number of aliphatic hydroxyl groups excluding tert-OH is 2. The van der Waals surface area contributed by atoms with Crippen LogP contribution in [0, 0.1) is 0 Å². The number of hydrogen-bond acceptors (Lipinski definition) is 5. The predicted octanol–water partition coefficient (Wildman–Crippen LogP) is 15.6. The van der Waals surface area contributed by atoms with Crippen LogP contribution in [-0.2, 0) is 14.3 Å². The quantitative estimate of drug-likeness (QED) is 0.0322. The van der Waals surface area contributed by atoms with Crippen LogP contribution >= 0.6 is 0 Å². The number of aliphatic hydroxyl groups is 2. The number of rotatable bonds is 43. The van der Waals surface area contributed by atoms with E-state index in [-0.39, 0.29) is 24.9 Å². The summed E-state index contributed by atoms with van der Waals surface area (Å²) in [7, 11) is 0. The molecule has 6 heteroatoms. The third-order valence-corrected chi connectivity index (χ3v) is 10.7. The summed E-state index contributed by atoms with van der Waals surface area (Å²) >= 11 is 0. The van der Waals surface area contributed by atoms with E-state index >= 15 is 0 Å². The maximum absolute atomic E-state index is 13.2.